The van der Waals surface area contributed by atoms with Crippen LogP contribution in [-0.2, 0) is 10.1 Å². The molecule has 0 amide bonds. The summed E-state index contributed by atoms with van der Waals surface area (Å²) in [6.45, 7) is 2.57. The van der Waals surface area contributed by atoms with Crippen LogP contribution >= 0.6 is 34.3 Å². The quantitative estimate of drug-likeness (QED) is 0.618. The molecule has 126 valence electrons. The van der Waals surface area contributed by atoms with Gasteiger partial charge in [0.2, 0.25) is 0 Å². The number of rotatable bonds is 3. The van der Waals surface area contributed by atoms with Gasteiger partial charge < -0.3 is 9.64 Å². The first-order chi connectivity index (χ1) is 11.5. The molecule has 1 aliphatic rings. The number of fused-ring (bicyclic) bond motifs is 1. The summed E-state index contributed by atoms with van der Waals surface area (Å²) in [7, 11) is 0. The highest BCUT2D eigenvalue weighted by atomic mass is 35.5. The lowest BCUT2D eigenvalue weighted by Crippen LogP contribution is -2.36. The van der Waals surface area contributed by atoms with E-state index in [1.54, 1.807) is 0 Å². The lowest BCUT2D eigenvalue weighted by molar-refractivity contribution is 0.0970. The summed E-state index contributed by atoms with van der Waals surface area (Å²) >= 11 is 7.99. The summed E-state index contributed by atoms with van der Waals surface area (Å²) in [6.07, 6.45) is 0. The minimum Gasteiger partial charge on any atom is -0.378 e. The van der Waals surface area contributed by atoms with E-state index in [1.165, 1.54) is 28.7 Å². The molecule has 0 atom stereocenters. The zero-order valence-electron chi connectivity index (χ0n) is 12.3. The van der Waals surface area contributed by atoms with Crippen molar-refractivity contribution >= 4 is 49.8 Å². The number of hydrogen-bond acceptors (Lipinski definition) is 6. The lowest BCUT2D eigenvalue weighted by Gasteiger charge is -2.25. The predicted octanol–water partition coefficient (Wildman–Crippen LogP) is 4.54. The molecular weight excluding hydrogens is 376 g/mol. The first-order valence-electron chi connectivity index (χ1n) is 7.28. The number of hydrogen-bond donors (Lipinski definition) is 0. The molecule has 1 fully saturated rings. The van der Waals surface area contributed by atoms with Gasteiger partial charge >= 0.3 is 5.38 Å². The summed E-state index contributed by atoms with van der Waals surface area (Å²) in [5, 5.41) is -0.923. The van der Waals surface area contributed by atoms with Gasteiger partial charge in [-0.15, -0.1) is 11.3 Å². The van der Waals surface area contributed by atoms with Crippen LogP contribution in [0.2, 0.25) is 0 Å². The molecular formula is C15H12ClF2N3OS2. The van der Waals surface area contributed by atoms with E-state index in [9.17, 15) is 8.78 Å². The summed E-state index contributed by atoms with van der Waals surface area (Å²) in [5.41, 5.74) is 0.531. The fourth-order valence-corrected chi connectivity index (χ4v) is 4.55. The highest BCUT2D eigenvalue weighted by Gasteiger charge is 2.33. The van der Waals surface area contributed by atoms with Crippen LogP contribution in [0.25, 0.3) is 20.9 Å². The molecule has 3 aromatic heterocycles. The van der Waals surface area contributed by atoms with Crippen LogP contribution in [0.15, 0.2) is 23.6 Å². The van der Waals surface area contributed by atoms with E-state index in [0.717, 1.165) is 4.88 Å². The van der Waals surface area contributed by atoms with Gasteiger partial charge in [-0.3, -0.25) is 0 Å². The molecule has 0 spiro atoms. The third-order valence-electron chi connectivity index (χ3n) is 3.71. The van der Waals surface area contributed by atoms with Crippen molar-refractivity contribution in [2.45, 2.75) is 5.38 Å². The van der Waals surface area contributed by atoms with E-state index in [1.807, 2.05) is 22.4 Å². The molecule has 4 rings (SSSR count). The van der Waals surface area contributed by atoms with Crippen LogP contribution in [0.5, 0.6) is 0 Å². The molecule has 0 aliphatic carbocycles. The maximum Gasteiger partial charge on any atom is 0.349 e. The maximum atomic E-state index is 13.9. The zero-order chi connectivity index (χ0) is 16.7. The third-order valence-corrected chi connectivity index (χ3v) is 5.95. The zero-order valence-corrected chi connectivity index (χ0v) is 14.7. The van der Waals surface area contributed by atoms with Gasteiger partial charge in [0.15, 0.2) is 10.8 Å². The van der Waals surface area contributed by atoms with E-state index in [-0.39, 0.29) is 5.56 Å². The number of halogens is 3. The van der Waals surface area contributed by atoms with Crippen molar-refractivity contribution in [2.75, 3.05) is 31.2 Å². The monoisotopic (exact) mass is 387 g/mol. The Hall–Kier alpha value is -1.35. The van der Waals surface area contributed by atoms with Crippen LogP contribution in [0.4, 0.5) is 13.9 Å². The first kappa shape index (κ1) is 16.1. The number of aromatic nitrogens is 2. The standard InChI is InChI=1S/C15H12ClF2N3OS2/c16-15(17,18)9-8-10(11-2-1-7-23-11)19-13-12(9)24-14(20-13)21-3-5-22-6-4-21/h1-2,7-8H,3-6H2. The summed E-state index contributed by atoms with van der Waals surface area (Å²) in [6, 6.07) is 5.05. The average Bonchev–Trinajstić information content (AvgIpc) is 3.23. The Kier molecular flexibility index (Phi) is 4.16. The van der Waals surface area contributed by atoms with Crippen LogP contribution < -0.4 is 4.90 Å². The number of ether oxygens (including phenoxy) is 1. The minimum atomic E-state index is -3.47. The summed E-state index contributed by atoms with van der Waals surface area (Å²) in [4.78, 5) is 11.8. The molecule has 0 aromatic carbocycles. The van der Waals surface area contributed by atoms with E-state index in [2.05, 4.69) is 9.97 Å². The van der Waals surface area contributed by atoms with Gasteiger partial charge in [0.05, 0.1) is 34.0 Å². The van der Waals surface area contributed by atoms with Gasteiger partial charge in [-0.25, -0.2) is 4.98 Å². The van der Waals surface area contributed by atoms with Gasteiger partial charge in [-0.2, -0.15) is 13.8 Å². The van der Waals surface area contributed by atoms with Crippen molar-refractivity contribution < 1.29 is 13.5 Å². The molecule has 1 aliphatic heterocycles. The number of nitrogens with zero attached hydrogens (tertiary/aromatic N) is 3. The second-order valence-corrected chi connectivity index (χ2v) is 7.68. The fraction of sp³-hybridized carbons (Fsp3) is 0.333. The van der Waals surface area contributed by atoms with Crippen LogP contribution in [0.1, 0.15) is 5.56 Å². The summed E-state index contributed by atoms with van der Waals surface area (Å²) in [5.74, 6) is 0. The van der Waals surface area contributed by atoms with Crippen molar-refractivity contribution in [1.82, 2.24) is 9.97 Å². The van der Waals surface area contributed by atoms with Gasteiger partial charge in [0.1, 0.15) is 0 Å². The van der Waals surface area contributed by atoms with E-state index < -0.39 is 5.38 Å². The van der Waals surface area contributed by atoms with E-state index >= 15 is 0 Å². The molecule has 0 bridgehead atoms. The Bertz CT molecular complexity index is 858. The van der Waals surface area contributed by atoms with Crippen LogP contribution in [0.3, 0.4) is 0 Å². The number of thiazole rings is 1. The van der Waals surface area contributed by atoms with Crippen LogP contribution in [-0.4, -0.2) is 36.3 Å². The molecule has 4 heterocycles. The fourth-order valence-electron chi connectivity index (χ4n) is 2.55. The Morgan fingerprint density at radius 3 is 2.71 bits per heavy atom. The molecule has 24 heavy (non-hydrogen) atoms. The van der Waals surface area contributed by atoms with Crippen molar-refractivity contribution in [3.05, 3.63) is 29.1 Å². The highest BCUT2D eigenvalue weighted by Crippen LogP contribution is 2.42. The Morgan fingerprint density at radius 1 is 1.25 bits per heavy atom. The second-order valence-electron chi connectivity index (χ2n) is 5.28. The summed E-state index contributed by atoms with van der Waals surface area (Å²) < 4.78 is 33.5. The number of pyridine rings is 1. The van der Waals surface area contributed by atoms with Crippen molar-refractivity contribution in [3.63, 3.8) is 0 Å². The minimum absolute atomic E-state index is 0.241. The van der Waals surface area contributed by atoms with Gasteiger partial charge in [-0.05, 0) is 29.1 Å². The molecule has 0 saturated carbocycles. The molecule has 3 aromatic rings. The largest absolute Gasteiger partial charge is 0.378 e. The van der Waals surface area contributed by atoms with E-state index in [4.69, 9.17) is 16.3 Å². The Labute approximate surface area is 149 Å². The Morgan fingerprint density at radius 2 is 2.04 bits per heavy atom. The SMILES string of the molecule is FC(F)(Cl)c1cc(-c2cccs2)nc2nc(N3CCOCC3)sc12. The van der Waals surface area contributed by atoms with Gasteiger partial charge in [-0.1, -0.05) is 17.4 Å². The van der Waals surface area contributed by atoms with Gasteiger partial charge in [0.25, 0.3) is 0 Å². The first-order valence-corrected chi connectivity index (χ1v) is 9.35. The number of thiophene rings is 1. The Balaban J connectivity index is 1.87. The molecule has 9 heteroatoms. The normalized spacial score (nSPS) is 16.0. The second kappa shape index (κ2) is 6.18. The predicted molar refractivity (Wildman–Crippen MR) is 93.5 cm³/mol. The van der Waals surface area contributed by atoms with Gasteiger partial charge in [0, 0.05) is 13.1 Å². The van der Waals surface area contributed by atoms with Crippen molar-refractivity contribution in [1.29, 1.82) is 0 Å². The smallest absolute Gasteiger partial charge is 0.349 e. The number of morpholine rings is 1. The maximum absolute atomic E-state index is 13.9. The van der Waals surface area contributed by atoms with Crippen LogP contribution in [0, 0.1) is 0 Å². The van der Waals surface area contributed by atoms with Crippen molar-refractivity contribution in [2.24, 2.45) is 0 Å². The lowest BCUT2D eigenvalue weighted by atomic mass is 10.2. The number of anilines is 1. The average molecular weight is 388 g/mol. The molecule has 0 N–H and O–H groups in total. The number of alkyl halides is 3. The highest BCUT2D eigenvalue weighted by molar-refractivity contribution is 7.22. The van der Waals surface area contributed by atoms with E-state index in [0.29, 0.717) is 47.5 Å². The topological polar surface area (TPSA) is 38.2 Å². The third kappa shape index (κ3) is 2.99. The molecule has 1 saturated heterocycles. The molecule has 0 radical (unpaired) electrons. The molecule has 4 nitrogen and oxygen atoms in total. The molecule has 0 unspecified atom stereocenters. The van der Waals surface area contributed by atoms with Crippen molar-refractivity contribution in [3.8, 4) is 10.6 Å².